The maximum absolute atomic E-state index is 14.6. The minimum Gasteiger partial charge on any atom is -0.311 e. The van der Waals surface area contributed by atoms with Gasteiger partial charge in [0.1, 0.15) is 5.82 Å². The predicted molar refractivity (Wildman–Crippen MR) is 121 cm³/mol. The summed E-state index contributed by atoms with van der Waals surface area (Å²) in [7, 11) is -3.54. The first-order valence-electron chi connectivity index (χ1n) is 10.5. The third-order valence-electron chi connectivity index (χ3n) is 6.01. The first-order valence-corrected chi connectivity index (χ1v) is 12.4. The molecule has 6 nitrogen and oxygen atoms in total. The molecule has 0 fully saturated rings. The van der Waals surface area contributed by atoms with E-state index in [0.29, 0.717) is 30.5 Å². The molecule has 0 saturated carbocycles. The first-order chi connectivity index (χ1) is 16.0. The molecule has 0 radical (unpaired) electrons. The first kappa shape index (κ1) is 23.7. The van der Waals surface area contributed by atoms with Crippen molar-refractivity contribution in [2.24, 2.45) is 0 Å². The van der Waals surface area contributed by atoms with Crippen molar-refractivity contribution in [3.63, 3.8) is 0 Å². The van der Waals surface area contributed by atoms with E-state index in [-0.39, 0.29) is 33.9 Å². The van der Waals surface area contributed by atoms with Crippen LogP contribution in [-0.2, 0) is 16.3 Å². The number of aromatic amines is 2. The zero-order valence-electron chi connectivity index (χ0n) is 18.1. The molecule has 34 heavy (non-hydrogen) atoms. The molecule has 1 atom stereocenters. The number of benzene rings is 2. The van der Waals surface area contributed by atoms with E-state index in [1.165, 1.54) is 24.3 Å². The molecule has 4 rings (SSSR count). The van der Waals surface area contributed by atoms with E-state index in [9.17, 15) is 31.2 Å². The average Bonchev–Trinajstić information content (AvgIpc) is 2.78. The van der Waals surface area contributed by atoms with Crippen molar-refractivity contribution in [1.29, 1.82) is 0 Å². The van der Waals surface area contributed by atoms with E-state index in [0.717, 1.165) is 18.4 Å². The van der Waals surface area contributed by atoms with Crippen molar-refractivity contribution < 1.29 is 21.6 Å². The van der Waals surface area contributed by atoms with Crippen LogP contribution in [0.1, 0.15) is 47.6 Å². The molecule has 1 aromatic heterocycles. The van der Waals surface area contributed by atoms with Gasteiger partial charge in [-0.3, -0.25) is 9.78 Å². The Morgan fingerprint density at radius 1 is 1.03 bits per heavy atom. The summed E-state index contributed by atoms with van der Waals surface area (Å²) in [5, 5.41) is 0. The lowest BCUT2D eigenvalue weighted by Crippen LogP contribution is -2.30. The maximum atomic E-state index is 14.6. The molecule has 0 amide bonds. The highest BCUT2D eigenvalue weighted by Crippen LogP contribution is 2.37. The number of H-pyrrole nitrogens is 2. The Balaban J connectivity index is 1.65. The van der Waals surface area contributed by atoms with Gasteiger partial charge in [-0.1, -0.05) is 24.3 Å². The van der Waals surface area contributed by atoms with E-state index in [1.54, 1.807) is 6.08 Å². The summed E-state index contributed by atoms with van der Waals surface area (Å²) in [5.41, 5.74) is 0.0281. The highest BCUT2D eigenvalue weighted by molar-refractivity contribution is 7.90. The molecule has 0 aliphatic heterocycles. The summed E-state index contributed by atoms with van der Waals surface area (Å²) >= 11 is 0. The number of nitrogens with one attached hydrogen (secondary N) is 2. The van der Waals surface area contributed by atoms with Crippen molar-refractivity contribution in [3.05, 3.63) is 103 Å². The lowest BCUT2D eigenvalue weighted by Gasteiger charge is -2.24. The highest BCUT2D eigenvalue weighted by Gasteiger charge is 2.25. The van der Waals surface area contributed by atoms with Crippen LogP contribution in [0.15, 0.2) is 57.0 Å². The lowest BCUT2D eigenvalue weighted by molar-refractivity contribution is 0.500. The Morgan fingerprint density at radius 2 is 1.79 bits per heavy atom. The Morgan fingerprint density at radius 3 is 2.44 bits per heavy atom. The van der Waals surface area contributed by atoms with Gasteiger partial charge in [0.2, 0.25) is 0 Å². The summed E-state index contributed by atoms with van der Waals surface area (Å²) in [6, 6.07) is 7.44. The Hall–Kier alpha value is -3.40. The molecule has 2 aromatic carbocycles. The number of hydrogen-bond acceptors (Lipinski definition) is 4. The van der Waals surface area contributed by atoms with Crippen molar-refractivity contribution in [2.45, 2.75) is 36.5 Å². The van der Waals surface area contributed by atoms with E-state index < -0.39 is 38.5 Å². The van der Waals surface area contributed by atoms with Gasteiger partial charge >= 0.3 is 5.69 Å². The van der Waals surface area contributed by atoms with Gasteiger partial charge in [0, 0.05) is 35.4 Å². The van der Waals surface area contributed by atoms with Crippen LogP contribution >= 0.6 is 0 Å². The monoisotopic (exact) mass is 490 g/mol. The summed E-state index contributed by atoms with van der Waals surface area (Å²) < 4.78 is 65.7. The molecule has 1 aliphatic carbocycles. The largest absolute Gasteiger partial charge is 0.325 e. The third kappa shape index (κ3) is 4.77. The van der Waals surface area contributed by atoms with Gasteiger partial charge in [-0.05, 0) is 48.6 Å². The second-order valence-electron chi connectivity index (χ2n) is 8.30. The van der Waals surface area contributed by atoms with E-state index >= 15 is 0 Å². The van der Waals surface area contributed by atoms with Crippen LogP contribution in [-0.4, -0.2) is 24.6 Å². The molecular formula is C24H21F3N2O4S. The topological polar surface area (TPSA) is 99.9 Å². The van der Waals surface area contributed by atoms with Gasteiger partial charge in [0.15, 0.2) is 21.5 Å². The molecule has 1 unspecified atom stereocenters. The van der Waals surface area contributed by atoms with Crippen molar-refractivity contribution in [2.75, 3.05) is 6.26 Å². The third-order valence-corrected chi connectivity index (χ3v) is 7.12. The summed E-state index contributed by atoms with van der Waals surface area (Å²) in [6.45, 7) is 0. The number of aromatic nitrogens is 2. The fourth-order valence-electron chi connectivity index (χ4n) is 4.26. The molecule has 0 spiro atoms. The van der Waals surface area contributed by atoms with E-state index in [1.807, 2.05) is 0 Å². The quantitative estimate of drug-likeness (QED) is 0.568. The average molecular weight is 491 g/mol. The van der Waals surface area contributed by atoms with Crippen LogP contribution in [0.5, 0.6) is 0 Å². The van der Waals surface area contributed by atoms with Gasteiger partial charge < -0.3 is 4.98 Å². The van der Waals surface area contributed by atoms with Crippen LogP contribution in [0.3, 0.4) is 0 Å². The zero-order valence-corrected chi connectivity index (χ0v) is 18.9. The minimum atomic E-state index is -3.54. The molecule has 1 aliphatic rings. The second-order valence-corrected chi connectivity index (χ2v) is 10.3. The van der Waals surface area contributed by atoms with Gasteiger partial charge in [-0.15, -0.1) is 0 Å². The van der Waals surface area contributed by atoms with Crippen LogP contribution in [0, 0.1) is 17.5 Å². The number of allylic oxidation sites excluding steroid dienone is 2. The zero-order chi connectivity index (χ0) is 24.6. The Labute approximate surface area is 193 Å². The summed E-state index contributed by atoms with van der Waals surface area (Å²) in [4.78, 5) is 29.2. The highest BCUT2D eigenvalue weighted by atomic mass is 32.2. The molecule has 3 aromatic rings. The van der Waals surface area contributed by atoms with Crippen LogP contribution in [0.2, 0.25) is 0 Å². The van der Waals surface area contributed by atoms with Gasteiger partial charge in [0.05, 0.1) is 4.90 Å². The lowest BCUT2D eigenvalue weighted by atomic mass is 9.82. The van der Waals surface area contributed by atoms with Crippen molar-refractivity contribution in [1.82, 2.24) is 9.97 Å². The summed E-state index contributed by atoms with van der Waals surface area (Å²) in [5.74, 6) is -3.05. The molecule has 0 bridgehead atoms. The van der Waals surface area contributed by atoms with Crippen molar-refractivity contribution >= 4 is 15.4 Å². The van der Waals surface area contributed by atoms with Gasteiger partial charge in [-0.25, -0.2) is 26.4 Å². The molecule has 1 heterocycles. The fourth-order valence-corrected chi connectivity index (χ4v) is 4.89. The molecular weight excluding hydrogens is 469 g/mol. The smallest absolute Gasteiger partial charge is 0.311 e. The van der Waals surface area contributed by atoms with E-state index in [4.69, 9.17) is 0 Å². The number of halogens is 3. The predicted octanol–water partition coefficient (Wildman–Crippen LogP) is 3.83. The van der Waals surface area contributed by atoms with Crippen LogP contribution in [0.4, 0.5) is 13.2 Å². The number of rotatable bonds is 5. The van der Waals surface area contributed by atoms with E-state index in [2.05, 4.69) is 9.97 Å². The summed E-state index contributed by atoms with van der Waals surface area (Å²) in [6.07, 6.45) is 3.79. The molecule has 0 saturated heterocycles. The molecule has 178 valence electrons. The molecule has 10 heteroatoms. The number of sulfone groups is 1. The SMILES string of the molecule is CS(=O)(=O)c1ccc(C2=CCC(c3[nH]c(=O)[nH]c(=O)c3Cc3cccc(F)c3F)CC2)c(F)c1. The van der Waals surface area contributed by atoms with Crippen LogP contribution in [0.25, 0.3) is 5.57 Å². The minimum absolute atomic E-state index is 0.0149. The second kappa shape index (κ2) is 9.09. The number of hydrogen-bond donors (Lipinski definition) is 2. The van der Waals surface area contributed by atoms with Crippen LogP contribution < -0.4 is 11.2 Å². The van der Waals surface area contributed by atoms with Crippen molar-refractivity contribution in [3.8, 4) is 0 Å². The molecule has 2 N–H and O–H groups in total. The Kier molecular flexibility index (Phi) is 6.35. The standard InChI is InChI=1S/C24H21F3N2O4S/c1-34(32,33)16-9-10-17(20(26)12-16)13-5-7-14(8-6-13)22-18(23(30)29-24(31)28-22)11-15-3-2-4-19(25)21(15)27/h2-5,9-10,12,14H,6-8,11H2,1H3,(H2,28,29,30,31). The maximum Gasteiger partial charge on any atom is 0.325 e. The van der Waals surface area contributed by atoms with Gasteiger partial charge in [-0.2, -0.15) is 0 Å². The Bertz CT molecular complexity index is 1520. The normalized spacial score (nSPS) is 16.4. The fraction of sp³-hybridized carbons (Fsp3) is 0.250. The van der Waals surface area contributed by atoms with Gasteiger partial charge in [0.25, 0.3) is 5.56 Å².